The number of likely N-dealkylation sites (N-methyl/N-ethyl adjacent to an activating group) is 1. The number of benzene rings is 2. The lowest BCUT2D eigenvalue weighted by Gasteiger charge is -2.28. The first kappa shape index (κ1) is 32.4. The van der Waals surface area contributed by atoms with E-state index in [-0.39, 0.29) is 23.8 Å². The van der Waals surface area contributed by atoms with Gasteiger partial charge in [-0.05, 0) is 68.1 Å². The van der Waals surface area contributed by atoms with E-state index in [0.29, 0.717) is 5.52 Å². The molecule has 1 saturated carbocycles. The van der Waals surface area contributed by atoms with Gasteiger partial charge >= 0.3 is 6.18 Å². The van der Waals surface area contributed by atoms with E-state index in [2.05, 4.69) is 15.6 Å². The molecule has 3 amide bonds. The number of anilines is 2. The zero-order chi connectivity index (χ0) is 32.7. The molecule has 0 radical (unpaired) electrons. The van der Waals surface area contributed by atoms with Crippen LogP contribution in [0.3, 0.4) is 0 Å². The van der Waals surface area contributed by atoms with E-state index in [4.69, 9.17) is 0 Å². The maximum absolute atomic E-state index is 14.4. The van der Waals surface area contributed by atoms with E-state index in [1.165, 1.54) is 4.90 Å². The molecule has 2 atom stereocenters. The summed E-state index contributed by atoms with van der Waals surface area (Å²) in [4.78, 5) is 47.8. The second kappa shape index (κ2) is 12.4. The van der Waals surface area contributed by atoms with E-state index in [0.717, 1.165) is 58.7 Å². The summed E-state index contributed by atoms with van der Waals surface area (Å²) in [7, 11) is -2.05. The highest BCUT2D eigenvalue weighted by Crippen LogP contribution is 2.45. The minimum atomic E-state index is -4.77. The predicted molar refractivity (Wildman–Crippen MR) is 163 cm³/mol. The van der Waals surface area contributed by atoms with Crippen molar-refractivity contribution in [2.24, 2.45) is 0 Å². The monoisotopic (exact) mass is 645 g/mol. The van der Waals surface area contributed by atoms with Gasteiger partial charge in [-0.3, -0.25) is 19.4 Å². The number of para-hydroxylation sites is 1. The Hall–Kier alpha value is -4.04. The van der Waals surface area contributed by atoms with E-state index in [9.17, 15) is 36.0 Å². The Kier molecular flexibility index (Phi) is 8.91. The molecule has 0 saturated heterocycles. The molecule has 0 unspecified atom stereocenters. The van der Waals surface area contributed by atoms with Crippen LogP contribution in [0, 0.1) is 0 Å². The number of fused-ring (bicyclic) bond motifs is 2. The van der Waals surface area contributed by atoms with Gasteiger partial charge in [0.2, 0.25) is 11.8 Å². The van der Waals surface area contributed by atoms with E-state index in [1.807, 2.05) is 24.3 Å². The van der Waals surface area contributed by atoms with Crippen molar-refractivity contribution < 1.29 is 36.0 Å². The molecule has 2 aliphatic rings. The first-order valence-corrected chi connectivity index (χ1v) is 16.6. The fourth-order valence-electron chi connectivity index (χ4n) is 5.45. The lowest BCUT2D eigenvalue weighted by molar-refractivity contribution is -0.137. The van der Waals surface area contributed by atoms with E-state index >= 15 is 0 Å². The molecule has 1 aliphatic heterocycles. The molecule has 1 aromatic heterocycles. The normalized spacial score (nSPS) is 18.0. The molecule has 0 bridgehead atoms. The fourth-order valence-corrected chi connectivity index (χ4v) is 5.99. The highest BCUT2D eigenvalue weighted by molar-refractivity contribution is 7.90. The van der Waals surface area contributed by atoms with Gasteiger partial charge in [-0.15, -0.1) is 0 Å². The van der Waals surface area contributed by atoms with Crippen molar-refractivity contribution in [3.8, 4) is 0 Å². The Balaban J connectivity index is 1.69. The lowest BCUT2D eigenvalue weighted by atomic mass is 9.99. The van der Waals surface area contributed by atoms with Crippen LogP contribution in [-0.4, -0.2) is 68.8 Å². The van der Waals surface area contributed by atoms with Crippen LogP contribution >= 0.6 is 0 Å². The van der Waals surface area contributed by atoms with Crippen molar-refractivity contribution in [1.82, 2.24) is 15.6 Å². The molecule has 2 aromatic carbocycles. The van der Waals surface area contributed by atoms with Crippen LogP contribution in [0.2, 0.25) is 0 Å². The maximum atomic E-state index is 14.4. The highest BCUT2D eigenvalue weighted by Gasteiger charge is 2.40. The van der Waals surface area contributed by atoms with Crippen molar-refractivity contribution in [3.63, 3.8) is 0 Å². The first-order valence-electron chi connectivity index (χ1n) is 14.5. The number of hydrogen-bond donors (Lipinski definition) is 2. The van der Waals surface area contributed by atoms with Crippen LogP contribution in [0.5, 0.6) is 0 Å². The minimum absolute atomic E-state index is 0.0294. The van der Waals surface area contributed by atoms with Crippen molar-refractivity contribution in [2.75, 3.05) is 35.4 Å². The van der Waals surface area contributed by atoms with Gasteiger partial charge in [-0.1, -0.05) is 18.2 Å². The molecular weight excluding hydrogens is 611 g/mol. The standard InChI is InChI=1S/C31H34F3N5O5S/c1-18(35-2)29(41)37-25-17-38(28(40)12-13-45(3,43)44)27-14-20(31(32,33)34)10-11-26(27)39(30(25)42)16-23-21-6-4-5-7-24(21)36-15-22(23)19-8-9-19/h4-7,10-11,14-15,18-19,25,35H,8-9,12-13,16-17H2,1-3H3,(H,37,41)/t18-,25-/m0/s1. The summed E-state index contributed by atoms with van der Waals surface area (Å²) in [6, 6.07) is 8.06. The zero-order valence-corrected chi connectivity index (χ0v) is 25.8. The van der Waals surface area contributed by atoms with Crippen molar-refractivity contribution in [3.05, 3.63) is 65.4 Å². The maximum Gasteiger partial charge on any atom is 0.416 e. The molecule has 240 valence electrons. The molecule has 10 nitrogen and oxygen atoms in total. The van der Waals surface area contributed by atoms with Crippen LogP contribution in [0.4, 0.5) is 24.5 Å². The predicted octanol–water partition coefficient (Wildman–Crippen LogP) is 3.54. The SMILES string of the molecule is CN[C@@H](C)C(=O)N[C@H]1CN(C(=O)CCS(C)(=O)=O)c2cc(C(F)(F)F)ccc2N(Cc2c(C3CC3)cnc3ccccc23)C1=O. The third-order valence-electron chi connectivity index (χ3n) is 8.20. The third-order valence-corrected chi connectivity index (χ3v) is 9.14. The molecule has 45 heavy (non-hydrogen) atoms. The molecule has 14 heteroatoms. The average molecular weight is 646 g/mol. The van der Waals surface area contributed by atoms with Gasteiger partial charge in [-0.2, -0.15) is 13.2 Å². The summed E-state index contributed by atoms with van der Waals surface area (Å²) in [6.07, 6.45) is -0.737. The second-order valence-corrected chi connectivity index (χ2v) is 13.8. The summed E-state index contributed by atoms with van der Waals surface area (Å²) in [6.45, 7) is 1.01. The van der Waals surface area contributed by atoms with Gasteiger partial charge < -0.3 is 20.4 Å². The molecule has 3 aromatic rings. The fraction of sp³-hybridized carbons (Fsp3) is 0.419. The number of amides is 3. The lowest BCUT2D eigenvalue weighted by Crippen LogP contribution is -2.55. The number of sulfone groups is 1. The summed E-state index contributed by atoms with van der Waals surface area (Å²) >= 11 is 0. The highest BCUT2D eigenvalue weighted by atomic mass is 32.2. The number of carbonyl (C=O) groups excluding carboxylic acids is 3. The number of aromatic nitrogens is 1. The summed E-state index contributed by atoms with van der Waals surface area (Å²) in [5.74, 6) is -2.32. The summed E-state index contributed by atoms with van der Waals surface area (Å²) in [5, 5.41) is 6.21. The largest absolute Gasteiger partial charge is 0.416 e. The molecule has 1 fully saturated rings. The van der Waals surface area contributed by atoms with Gasteiger partial charge in [-0.25, -0.2) is 8.42 Å². The van der Waals surface area contributed by atoms with Gasteiger partial charge in [0.05, 0.1) is 47.3 Å². The molecule has 2 N–H and O–H groups in total. The number of nitrogens with one attached hydrogen (secondary N) is 2. The van der Waals surface area contributed by atoms with Gasteiger partial charge in [0.25, 0.3) is 5.91 Å². The minimum Gasteiger partial charge on any atom is -0.341 e. The van der Waals surface area contributed by atoms with E-state index in [1.54, 1.807) is 20.2 Å². The number of alkyl halides is 3. The van der Waals surface area contributed by atoms with Gasteiger partial charge in [0.15, 0.2) is 0 Å². The van der Waals surface area contributed by atoms with Crippen molar-refractivity contribution >= 4 is 49.8 Å². The Morgan fingerprint density at radius 2 is 1.82 bits per heavy atom. The van der Waals surface area contributed by atoms with Crippen LogP contribution in [0.25, 0.3) is 10.9 Å². The third kappa shape index (κ3) is 7.12. The Bertz CT molecular complexity index is 1760. The Morgan fingerprint density at radius 3 is 2.47 bits per heavy atom. The van der Waals surface area contributed by atoms with Gasteiger partial charge in [0, 0.05) is 24.3 Å². The van der Waals surface area contributed by atoms with Crippen LogP contribution in [0.15, 0.2) is 48.7 Å². The molecule has 1 aliphatic carbocycles. The quantitative estimate of drug-likeness (QED) is 0.364. The molecule has 5 rings (SSSR count). The van der Waals surface area contributed by atoms with E-state index < -0.39 is 70.1 Å². The number of pyridine rings is 1. The number of halogens is 3. The van der Waals surface area contributed by atoms with Crippen LogP contribution < -0.4 is 20.4 Å². The van der Waals surface area contributed by atoms with Crippen molar-refractivity contribution in [2.45, 2.75) is 56.9 Å². The second-order valence-electron chi connectivity index (χ2n) is 11.6. The smallest absolute Gasteiger partial charge is 0.341 e. The number of nitrogens with zero attached hydrogens (tertiary/aromatic N) is 3. The Morgan fingerprint density at radius 1 is 1.11 bits per heavy atom. The van der Waals surface area contributed by atoms with Crippen molar-refractivity contribution in [1.29, 1.82) is 0 Å². The zero-order valence-electron chi connectivity index (χ0n) is 25.0. The summed E-state index contributed by atoms with van der Waals surface area (Å²) < 4.78 is 65.7. The Labute approximate surface area is 258 Å². The summed E-state index contributed by atoms with van der Waals surface area (Å²) in [5.41, 5.74) is 1.15. The molecule has 2 heterocycles. The number of carbonyl (C=O) groups is 3. The molecule has 0 spiro atoms. The first-order chi connectivity index (χ1) is 21.2. The average Bonchev–Trinajstić information content (AvgIpc) is 3.84. The number of rotatable bonds is 9. The number of hydrogen-bond acceptors (Lipinski definition) is 7. The van der Waals surface area contributed by atoms with Gasteiger partial charge in [0.1, 0.15) is 15.9 Å². The van der Waals surface area contributed by atoms with Crippen LogP contribution in [-0.2, 0) is 36.9 Å². The van der Waals surface area contributed by atoms with Crippen LogP contribution in [0.1, 0.15) is 48.8 Å². The topological polar surface area (TPSA) is 129 Å². The molecular formula is C31H34F3N5O5S.